The summed E-state index contributed by atoms with van der Waals surface area (Å²) >= 11 is 0. The predicted molar refractivity (Wildman–Crippen MR) is 66.4 cm³/mol. The van der Waals surface area contributed by atoms with Crippen LogP contribution in [0.3, 0.4) is 0 Å². The van der Waals surface area contributed by atoms with Crippen LogP contribution in [0.25, 0.3) is 11.4 Å². The average Bonchev–Trinajstić information content (AvgIpc) is 2.89. The fourth-order valence-electron chi connectivity index (χ4n) is 1.78. The van der Waals surface area contributed by atoms with Gasteiger partial charge < -0.3 is 5.73 Å². The van der Waals surface area contributed by atoms with E-state index in [1.807, 2.05) is 24.3 Å². The summed E-state index contributed by atoms with van der Waals surface area (Å²) in [7, 11) is 0. The first kappa shape index (κ1) is 12.2. The largest absolute Gasteiger partial charge is 0.370 e. The van der Waals surface area contributed by atoms with Crippen molar-refractivity contribution in [2.24, 2.45) is 5.73 Å². The van der Waals surface area contributed by atoms with Crippen molar-refractivity contribution in [3.05, 3.63) is 29.8 Å². The molecule has 0 bridgehead atoms. The van der Waals surface area contributed by atoms with E-state index in [9.17, 15) is 4.79 Å². The highest BCUT2D eigenvalue weighted by atomic mass is 16.1. The molecule has 0 aliphatic carbocycles. The molecule has 0 fully saturated rings. The fourth-order valence-corrected chi connectivity index (χ4v) is 1.78. The SMILES string of the molecule is NC(=O)CCCCc1cccc(-c2nn[nH]n2)c1. The fraction of sp³-hybridized carbons (Fsp3) is 0.333. The zero-order chi connectivity index (χ0) is 12.8. The van der Waals surface area contributed by atoms with Gasteiger partial charge in [0.2, 0.25) is 11.7 Å². The van der Waals surface area contributed by atoms with Crippen molar-refractivity contribution in [2.75, 3.05) is 0 Å². The first-order valence-corrected chi connectivity index (χ1v) is 5.87. The number of benzene rings is 1. The molecule has 18 heavy (non-hydrogen) atoms. The Morgan fingerprint density at radius 2 is 2.22 bits per heavy atom. The molecular weight excluding hydrogens is 230 g/mol. The molecule has 2 rings (SSSR count). The van der Waals surface area contributed by atoms with Gasteiger partial charge in [0.05, 0.1) is 0 Å². The van der Waals surface area contributed by atoms with Gasteiger partial charge in [-0.15, -0.1) is 10.2 Å². The molecule has 2 aromatic rings. The molecule has 0 aliphatic heterocycles. The Balaban J connectivity index is 1.94. The van der Waals surface area contributed by atoms with E-state index >= 15 is 0 Å². The van der Waals surface area contributed by atoms with E-state index in [4.69, 9.17) is 5.73 Å². The molecule has 0 saturated carbocycles. The smallest absolute Gasteiger partial charge is 0.217 e. The molecule has 6 heteroatoms. The molecule has 0 atom stereocenters. The molecule has 1 aromatic carbocycles. The zero-order valence-electron chi connectivity index (χ0n) is 9.97. The lowest BCUT2D eigenvalue weighted by Gasteiger charge is -2.02. The van der Waals surface area contributed by atoms with Crippen LogP contribution in [0, 0.1) is 0 Å². The summed E-state index contributed by atoms with van der Waals surface area (Å²) in [5.41, 5.74) is 7.23. The van der Waals surface area contributed by atoms with Crippen LogP contribution in [-0.2, 0) is 11.2 Å². The number of rotatable bonds is 6. The summed E-state index contributed by atoms with van der Waals surface area (Å²) in [6.07, 6.45) is 3.13. The molecule has 0 unspecified atom stereocenters. The number of tetrazole rings is 1. The lowest BCUT2D eigenvalue weighted by molar-refractivity contribution is -0.118. The van der Waals surface area contributed by atoms with Gasteiger partial charge >= 0.3 is 0 Å². The Morgan fingerprint density at radius 3 is 2.94 bits per heavy atom. The van der Waals surface area contributed by atoms with Crippen LogP contribution < -0.4 is 5.73 Å². The quantitative estimate of drug-likeness (QED) is 0.743. The van der Waals surface area contributed by atoms with Crippen molar-refractivity contribution in [1.82, 2.24) is 20.6 Å². The van der Waals surface area contributed by atoms with Gasteiger partial charge in [-0.25, -0.2) is 0 Å². The van der Waals surface area contributed by atoms with Crippen LogP contribution in [-0.4, -0.2) is 26.5 Å². The Labute approximate surface area is 105 Å². The van der Waals surface area contributed by atoms with E-state index in [2.05, 4.69) is 20.6 Å². The van der Waals surface area contributed by atoms with Gasteiger partial charge in [0.25, 0.3) is 0 Å². The summed E-state index contributed by atoms with van der Waals surface area (Å²) < 4.78 is 0. The number of carbonyl (C=O) groups is 1. The van der Waals surface area contributed by atoms with Gasteiger partial charge in [0, 0.05) is 12.0 Å². The maximum absolute atomic E-state index is 10.6. The maximum atomic E-state index is 10.6. The number of amides is 1. The normalized spacial score (nSPS) is 10.4. The van der Waals surface area contributed by atoms with E-state index < -0.39 is 0 Å². The number of nitrogens with two attached hydrogens (primary N) is 1. The molecule has 6 nitrogen and oxygen atoms in total. The highest BCUT2D eigenvalue weighted by Crippen LogP contribution is 2.16. The van der Waals surface area contributed by atoms with Gasteiger partial charge in [0.1, 0.15) is 0 Å². The average molecular weight is 245 g/mol. The van der Waals surface area contributed by atoms with Crippen molar-refractivity contribution in [2.45, 2.75) is 25.7 Å². The Kier molecular flexibility index (Phi) is 4.01. The molecule has 1 heterocycles. The number of aromatic nitrogens is 4. The summed E-state index contributed by atoms with van der Waals surface area (Å²) in [4.78, 5) is 10.6. The number of carbonyl (C=O) groups excluding carboxylic acids is 1. The highest BCUT2D eigenvalue weighted by Gasteiger charge is 2.03. The topological polar surface area (TPSA) is 97.5 Å². The number of hydrogen-bond acceptors (Lipinski definition) is 4. The van der Waals surface area contributed by atoms with Crippen molar-refractivity contribution in [3.8, 4) is 11.4 Å². The molecule has 0 spiro atoms. The lowest BCUT2D eigenvalue weighted by Crippen LogP contribution is -2.09. The summed E-state index contributed by atoms with van der Waals surface area (Å²) in [6, 6.07) is 8.00. The van der Waals surface area contributed by atoms with Crippen LogP contribution in [0.15, 0.2) is 24.3 Å². The number of nitrogens with zero attached hydrogens (tertiary/aromatic N) is 3. The monoisotopic (exact) mass is 245 g/mol. The third kappa shape index (κ3) is 3.38. The maximum Gasteiger partial charge on any atom is 0.217 e. The van der Waals surface area contributed by atoms with Gasteiger partial charge in [-0.3, -0.25) is 4.79 Å². The van der Waals surface area contributed by atoms with Gasteiger partial charge in [0.15, 0.2) is 0 Å². The van der Waals surface area contributed by atoms with Gasteiger partial charge in [-0.2, -0.15) is 5.21 Å². The number of H-pyrrole nitrogens is 1. The van der Waals surface area contributed by atoms with Crippen LogP contribution in [0.1, 0.15) is 24.8 Å². The molecule has 0 aliphatic rings. The first-order valence-electron chi connectivity index (χ1n) is 5.87. The second-order valence-corrected chi connectivity index (χ2v) is 4.11. The summed E-state index contributed by atoms with van der Waals surface area (Å²) in [5.74, 6) is 0.351. The number of primary amides is 1. The molecular formula is C12H15N5O. The van der Waals surface area contributed by atoms with Crippen molar-refractivity contribution >= 4 is 5.91 Å². The number of unbranched alkanes of at least 4 members (excludes halogenated alkanes) is 1. The van der Waals surface area contributed by atoms with Crippen LogP contribution >= 0.6 is 0 Å². The second-order valence-electron chi connectivity index (χ2n) is 4.11. The van der Waals surface area contributed by atoms with Crippen LogP contribution in [0.5, 0.6) is 0 Å². The van der Waals surface area contributed by atoms with Crippen LogP contribution in [0.4, 0.5) is 0 Å². The Bertz CT molecular complexity index is 509. The third-order valence-electron chi connectivity index (χ3n) is 2.67. The van der Waals surface area contributed by atoms with Crippen molar-refractivity contribution in [1.29, 1.82) is 0 Å². The molecule has 3 N–H and O–H groups in total. The molecule has 1 amide bonds. The Morgan fingerprint density at radius 1 is 1.33 bits per heavy atom. The minimum Gasteiger partial charge on any atom is -0.370 e. The molecule has 94 valence electrons. The minimum atomic E-state index is -0.240. The second kappa shape index (κ2) is 5.90. The number of nitrogens with one attached hydrogen (secondary N) is 1. The molecule has 0 saturated heterocycles. The van der Waals surface area contributed by atoms with Crippen LogP contribution in [0.2, 0.25) is 0 Å². The minimum absolute atomic E-state index is 0.240. The molecule has 1 aromatic heterocycles. The van der Waals surface area contributed by atoms with E-state index in [0.717, 1.165) is 24.8 Å². The van der Waals surface area contributed by atoms with E-state index in [1.165, 1.54) is 5.56 Å². The standard InChI is InChI=1S/C12H15N5O/c13-11(18)7-2-1-4-9-5-3-6-10(8-9)12-14-16-17-15-12/h3,5-6,8H,1-2,4,7H2,(H2,13,18)(H,14,15,16,17). The van der Waals surface area contributed by atoms with E-state index in [1.54, 1.807) is 0 Å². The zero-order valence-corrected chi connectivity index (χ0v) is 9.97. The number of aromatic amines is 1. The van der Waals surface area contributed by atoms with Gasteiger partial charge in [-0.05, 0) is 36.1 Å². The number of hydrogen-bond donors (Lipinski definition) is 2. The van der Waals surface area contributed by atoms with Crippen molar-refractivity contribution < 1.29 is 4.79 Å². The van der Waals surface area contributed by atoms with E-state index in [0.29, 0.717) is 12.2 Å². The lowest BCUT2D eigenvalue weighted by atomic mass is 10.0. The Hall–Kier alpha value is -2.24. The van der Waals surface area contributed by atoms with E-state index in [-0.39, 0.29) is 5.91 Å². The van der Waals surface area contributed by atoms with Crippen molar-refractivity contribution in [3.63, 3.8) is 0 Å². The highest BCUT2D eigenvalue weighted by molar-refractivity contribution is 5.73. The summed E-state index contributed by atoms with van der Waals surface area (Å²) in [5, 5.41) is 13.8. The predicted octanol–water partition coefficient (Wildman–Crippen LogP) is 1.06. The third-order valence-corrected chi connectivity index (χ3v) is 2.67. The summed E-state index contributed by atoms with van der Waals surface area (Å²) in [6.45, 7) is 0. The van der Waals surface area contributed by atoms with Gasteiger partial charge in [-0.1, -0.05) is 18.2 Å². The first-order chi connectivity index (χ1) is 8.75. The molecule has 0 radical (unpaired) electrons. The number of aryl methyl sites for hydroxylation is 1.